The molecule has 0 spiro atoms. The highest BCUT2D eigenvalue weighted by Gasteiger charge is 2.58. The maximum absolute atomic E-state index is 11.6. The number of carbonyl (C=O) groups excluding carboxylic acids is 1. The number of amides is 2. The second kappa shape index (κ2) is 3.40. The number of hydrogen-bond donors (Lipinski definition) is 3. The zero-order valence-corrected chi connectivity index (χ0v) is 9.33. The summed E-state index contributed by atoms with van der Waals surface area (Å²) >= 11 is 0. The third-order valence-electron chi connectivity index (χ3n) is 3.07. The van der Waals surface area contributed by atoms with Crippen LogP contribution in [0.15, 0.2) is 0 Å². The van der Waals surface area contributed by atoms with Crippen LogP contribution < -0.4 is 11.1 Å². The van der Waals surface area contributed by atoms with Crippen LogP contribution in [0.25, 0.3) is 0 Å². The summed E-state index contributed by atoms with van der Waals surface area (Å²) in [5.41, 5.74) is 3.73. The molecule has 0 aliphatic heterocycles. The van der Waals surface area contributed by atoms with Crippen molar-refractivity contribution in [1.82, 2.24) is 5.32 Å². The lowest BCUT2D eigenvalue weighted by Crippen LogP contribution is -2.66. The van der Waals surface area contributed by atoms with Gasteiger partial charge in [-0.25, -0.2) is 4.79 Å². The van der Waals surface area contributed by atoms with Gasteiger partial charge in [0.25, 0.3) is 0 Å². The van der Waals surface area contributed by atoms with Gasteiger partial charge in [-0.1, -0.05) is 20.8 Å². The lowest BCUT2D eigenvalue weighted by Gasteiger charge is -2.42. The van der Waals surface area contributed by atoms with E-state index in [1.165, 1.54) is 0 Å². The summed E-state index contributed by atoms with van der Waals surface area (Å²) in [4.78, 5) is 22.4. The first kappa shape index (κ1) is 11.8. The van der Waals surface area contributed by atoms with E-state index in [0.29, 0.717) is 0 Å². The first-order chi connectivity index (χ1) is 6.72. The summed E-state index contributed by atoms with van der Waals surface area (Å²) in [6.45, 7) is 5.48. The van der Waals surface area contributed by atoms with Gasteiger partial charge in [-0.05, 0) is 24.2 Å². The number of hydrogen-bond acceptors (Lipinski definition) is 2. The van der Waals surface area contributed by atoms with Gasteiger partial charge < -0.3 is 16.2 Å². The molecule has 15 heavy (non-hydrogen) atoms. The smallest absolute Gasteiger partial charge is 0.405 e. The molecule has 5 heteroatoms. The van der Waals surface area contributed by atoms with Crippen LogP contribution in [0.2, 0.25) is 0 Å². The van der Waals surface area contributed by atoms with Crippen molar-refractivity contribution < 1.29 is 14.7 Å². The molecule has 5 nitrogen and oxygen atoms in total. The second-order valence-corrected chi connectivity index (χ2v) is 5.13. The molecule has 2 amide bonds. The summed E-state index contributed by atoms with van der Waals surface area (Å²) in [5.74, 6) is -0.550. The molecule has 1 rings (SSSR count). The van der Waals surface area contributed by atoms with Gasteiger partial charge in [0.15, 0.2) is 0 Å². The van der Waals surface area contributed by atoms with E-state index in [9.17, 15) is 9.59 Å². The van der Waals surface area contributed by atoms with Crippen LogP contribution in [-0.4, -0.2) is 22.6 Å². The molecule has 0 radical (unpaired) electrons. The summed E-state index contributed by atoms with van der Waals surface area (Å²) < 4.78 is 0. The highest BCUT2D eigenvalue weighted by molar-refractivity contribution is 5.90. The third kappa shape index (κ3) is 1.91. The average molecular weight is 214 g/mol. The standard InChI is InChI=1S/C10H18N2O3/c1-9(2,3)10(7(11)13,6-4-5-6)12-8(14)15/h6,12H,4-5H2,1-3H3,(H2,11,13)(H,14,15)/t10-/m0/s1. The summed E-state index contributed by atoms with van der Waals surface area (Å²) in [5, 5.41) is 11.2. The zero-order valence-electron chi connectivity index (χ0n) is 9.33. The number of carboxylic acid groups (broad SMARTS) is 1. The quantitative estimate of drug-likeness (QED) is 0.652. The topological polar surface area (TPSA) is 92.4 Å². The predicted octanol–water partition coefficient (Wildman–Crippen LogP) is 0.934. The fourth-order valence-electron chi connectivity index (χ4n) is 2.22. The van der Waals surface area contributed by atoms with Crippen LogP contribution in [0, 0.1) is 11.3 Å². The predicted molar refractivity (Wildman–Crippen MR) is 55.3 cm³/mol. The van der Waals surface area contributed by atoms with E-state index >= 15 is 0 Å². The Bertz CT molecular complexity index is 292. The molecule has 1 aliphatic rings. The molecule has 86 valence electrons. The molecule has 1 aliphatic carbocycles. The van der Waals surface area contributed by atoms with Crippen molar-refractivity contribution in [2.75, 3.05) is 0 Å². The van der Waals surface area contributed by atoms with Gasteiger partial charge in [0.05, 0.1) is 0 Å². The molecule has 0 saturated heterocycles. The number of primary amides is 1. The summed E-state index contributed by atoms with van der Waals surface area (Å²) in [6, 6.07) is 0. The van der Waals surface area contributed by atoms with Crippen molar-refractivity contribution in [3.05, 3.63) is 0 Å². The first-order valence-corrected chi connectivity index (χ1v) is 5.03. The van der Waals surface area contributed by atoms with Crippen molar-refractivity contribution in [2.24, 2.45) is 17.1 Å². The van der Waals surface area contributed by atoms with Crippen molar-refractivity contribution in [3.8, 4) is 0 Å². The molecule has 0 aromatic heterocycles. The maximum Gasteiger partial charge on any atom is 0.405 e. The van der Waals surface area contributed by atoms with Crippen LogP contribution in [0.3, 0.4) is 0 Å². The van der Waals surface area contributed by atoms with Gasteiger partial charge in [-0.3, -0.25) is 4.79 Å². The minimum Gasteiger partial charge on any atom is -0.465 e. The van der Waals surface area contributed by atoms with Crippen molar-refractivity contribution in [3.63, 3.8) is 0 Å². The highest BCUT2D eigenvalue weighted by Crippen LogP contribution is 2.48. The minimum atomic E-state index is -1.20. The van der Waals surface area contributed by atoms with Gasteiger partial charge in [-0.2, -0.15) is 0 Å². The molecule has 0 bridgehead atoms. The van der Waals surface area contributed by atoms with Gasteiger partial charge in [0.2, 0.25) is 5.91 Å². The van der Waals surface area contributed by atoms with E-state index in [2.05, 4.69) is 5.32 Å². The van der Waals surface area contributed by atoms with E-state index in [-0.39, 0.29) is 5.92 Å². The van der Waals surface area contributed by atoms with E-state index in [4.69, 9.17) is 10.8 Å². The number of nitrogens with one attached hydrogen (secondary N) is 1. The lowest BCUT2D eigenvalue weighted by atomic mass is 9.69. The maximum atomic E-state index is 11.6. The third-order valence-corrected chi connectivity index (χ3v) is 3.07. The van der Waals surface area contributed by atoms with Crippen LogP contribution in [0.1, 0.15) is 33.6 Å². The van der Waals surface area contributed by atoms with Crippen LogP contribution >= 0.6 is 0 Å². The molecular weight excluding hydrogens is 196 g/mol. The van der Waals surface area contributed by atoms with E-state index < -0.39 is 23.0 Å². The Kier molecular flexibility index (Phi) is 2.67. The fourth-order valence-corrected chi connectivity index (χ4v) is 2.22. The number of rotatable bonds is 3. The molecule has 1 atom stereocenters. The van der Waals surface area contributed by atoms with Crippen molar-refractivity contribution in [1.29, 1.82) is 0 Å². The molecule has 0 aromatic carbocycles. The van der Waals surface area contributed by atoms with Gasteiger partial charge in [0, 0.05) is 0 Å². The highest BCUT2D eigenvalue weighted by atomic mass is 16.4. The molecule has 0 unspecified atom stereocenters. The zero-order chi connectivity index (χ0) is 11.9. The number of carbonyl (C=O) groups is 2. The average Bonchev–Trinajstić information content (AvgIpc) is 2.78. The monoisotopic (exact) mass is 214 g/mol. The van der Waals surface area contributed by atoms with Crippen molar-refractivity contribution >= 4 is 12.0 Å². The van der Waals surface area contributed by atoms with E-state index in [0.717, 1.165) is 12.8 Å². The Balaban J connectivity index is 3.11. The molecule has 0 aromatic rings. The van der Waals surface area contributed by atoms with Crippen molar-refractivity contribution in [2.45, 2.75) is 39.2 Å². The number of nitrogens with two attached hydrogens (primary N) is 1. The molecule has 4 N–H and O–H groups in total. The van der Waals surface area contributed by atoms with Gasteiger partial charge >= 0.3 is 6.09 Å². The Morgan fingerprint density at radius 1 is 1.33 bits per heavy atom. The molecule has 1 saturated carbocycles. The van der Waals surface area contributed by atoms with Crippen LogP contribution in [0.5, 0.6) is 0 Å². The van der Waals surface area contributed by atoms with Gasteiger partial charge in [0.1, 0.15) is 5.54 Å². The largest absolute Gasteiger partial charge is 0.465 e. The molecular formula is C10H18N2O3. The summed E-state index contributed by atoms with van der Waals surface area (Å²) in [6.07, 6.45) is 0.497. The fraction of sp³-hybridized carbons (Fsp3) is 0.800. The SMILES string of the molecule is CC(C)(C)[C@@](NC(=O)O)(C(N)=O)C1CC1. The summed E-state index contributed by atoms with van der Waals surface area (Å²) in [7, 11) is 0. The first-order valence-electron chi connectivity index (χ1n) is 5.03. The van der Waals surface area contributed by atoms with Crippen LogP contribution in [0.4, 0.5) is 4.79 Å². The molecule has 1 fully saturated rings. The van der Waals surface area contributed by atoms with E-state index in [1.54, 1.807) is 0 Å². The lowest BCUT2D eigenvalue weighted by molar-refractivity contribution is -0.129. The van der Waals surface area contributed by atoms with Gasteiger partial charge in [-0.15, -0.1) is 0 Å². The Morgan fingerprint density at radius 2 is 1.80 bits per heavy atom. The Labute approximate surface area is 89.0 Å². The van der Waals surface area contributed by atoms with Crippen LogP contribution in [-0.2, 0) is 4.79 Å². The Morgan fingerprint density at radius 3 is 2.00 bits per heavy atom. The van der Waals surface area contributed by atoms with E-state index in [1.807, 2.05) is 20.8 Å². The Hall–Kier alpha value is -1.26. The molecule has 0 heterocycles. The normalized spacial score (nSPS) is 20.5. The minimum absolute atomic E-state index is 0.0334. The second-order valence-electron chi connectivity index (χ2n) is 5.13.